The number of para-hydroxylation sites is 1. The van der Waals surface area contributed by atoms with Gasteiger partial charge in [0, 0.05) is 49.7 Å². The minimum absolute atomic E-state index is 0. The fraction of sp³-hybridized carbons (Fsp3) is 0.240. The molecule has 6 nitrogen and oxygen atoms in total. The molecule has 0 bridgehead atoms. The molecular formula is C25H25IrN2O4S-. The van der Waals surface area contributed by atoms with Crippen LogP contribution in [-0.4, -0.2) is 29.0 Å². The number of fused-ring (bicyclic) bond motifs is 2. The number of rotatable bonds is 5. The summed E-state index contributed by atoms with van der Waals surface area (Å²) in [5, 5.41) is 9.79. The number of anilines is 1. The van der Waals surface area contributed by atoms with Crippen LogP contribution in [0.4, 0.5) is 5.69 Å². The number of aromatic nitrogens is 1. The van der Waals surface area contributed by atoms with Crippen molar-refractivity contribution in [2.45, 2.75) is 27.7 Å². The SMILES string of the molecule is CC(=O)/C=C(/C)O.CCN(CC)c1ccc2[c-]c(-c3nc4ccccc4s3)c(=O)oc2c1.[Ir]. The van der Waals surface area contributed by atoms with E-state index in [9.17, 15) is 9.59 Å². The van der Waals surface area contributed by atoms with Gasteiger partial charge >= 0.3 is 0 Å². The van der Waals surface area contributed by atoms with Crippen molar-refractivity contribution in [2.75, 3.05) is 18.0 Å². The Balaban J connectivity index is 0.000000423. The van der Waals surface area contributed by atoms with Gasteiger partial charge in [-0.05, 0) is 51.5 Å². The van der Waals surface area contributed by atoms with Crippen molar-refractivity contribution in [1.29, 1.82) is 0 Å². The molecule has 0 fully saturated rings. The van der Waals surface area contributed by atoms with Gasteiger partial charge in [-0.15, -0.1) is 12.1 Å². The van der Waals surface area contributed by atoms with Gasteiger partial charge in [-0.25, -0.2) is 0 Å². The van der Waals surface area contributed by atoms with Crippen LogP contribution in [0.25, 0.3) is 31.8 Å². The first-order chi connectivity index (χ1) is 15.3. The van der Waals surface area contributed by atoms with Crippen LogP contribution < -0.4 is 10.5 Å². The molecule has 0 unspecified atom stereocenters. The summed E-state index contributed by atoms with van der Waals surface area (Å²) in [6, 6.07) is 16.9. The molecule has 8 heteroatoms. The van der Waals surface area contributed by atoms with Crippen LogP contribution in [0.15, 0.2) is 63.5 Å². The summed E-state index contributed by atoms with van der Waals surface area (Å²) in [4.78, 5) is 29.3. The van der Waals surface area contributed by atoms with Crippen LogP contribution in [0.5, 0.6) is 0 Å². The fourth-order valence-corrected chi connectivity index (χ4v) is 4.19. The maximum atomic E-state index is 12.5. The number of carbonyl (C=O) groups is 1. The number of hydrogen-bond donors (Lipinski definition) is 1. The predicted molar refractivity (Wildman–Crippen MR) is 131 cm³/mol. The third kappa shape index (κ3) is 6.60. The summed E-state index contributed by atoms with van der Waals surface area (Å²) in [5.41, 5.74) is 2.47. The number of nitrogens with zero attached hydrogens (tertiary/aromatic N) is 2. The molecule has 0 spiro atoms. The first kappa shape index (κ1) is 26.5. The number of aliphatic hydroxyl groups excluding tert-OH is 1. The first-order valence-corrected chi connectivity index (χ1v) is 11.1. The quantitative estimate of drug-likeness (QED) is 0.129. The molecule has 4 rings (SSSR count). The summed E-state index contributed by atoms with van der Waals surface area (Å²) >= 11 is 1.48. The summed E-state index contributed by atoms with van der Waals surface area (Å²) in [7, 11) is 0. The Labute approximate surface area is 209 Å². The van der Waals surface area contributed by atoms with E-state index in [-0.39, 0.29) is 31.6 Å². The summed E-state index contributed by atoms with van der Waals surface area (Å²) in [6.07, 6.45) is 1.17. The molecule has 0 atom stereocenters. The van der Waals surface area contributed by atoms with Crippen molar-refractivity contribution < 1.29 is 34.4 Å². The average Bonchev–Trinajstić information content (AvgIpc) is 3.17. The first-order valence-electron chi connectivity index (χ1n) is 10.3. The van der Waals surface area contributed by atoms with Crippen LogP contribution in [-0.2, 0) is 24.9 Å². The van der Waals surface area contributed by atoms with Crippen molar-refractivity contribution in [2.24, 2.45) is 0 Å². The second-order valence-corrected chi connectivity index (χ2v) is 8.16. The molecule has 0 aliphatic rings. The number of allylic oxidation sites excluding steroid dienone is 2. The molecule has 0 aliphatic carbocycles. The molecule has 0 aliphatic heterocycles. The molecular weight excluding hydrogens is 617 g/mol. The normalized spacial score (nSPS) is 11.0. The fourth-order valence-electron chi connectivity index (χ4n) is 3.23. The Morgan fingerprint density at radius 1 is 1.18 bits per heavy atom. The molecule has 2 heterocycles. The number of thiazole rings is 1. The van der Waals surface area contributed by atoms with Crippen LogP contribution in [0, 0.1) is 6.07 Å². The van der Waals surface area contributed by atoms with Crippen molar-refractivity contribution in [3.8, 4) is 10.6 Å². The Bertz CT molecular complexity index is 1300. The Kier molecular flexibility index (Phi) is 9.53. The standard InChI is InChI=1S/C20H17N2O2S.C5H8O2.Ir/c1-3-22(4-2)14-10-9-13-11-15(20(23)24-17(13)12-14)19-21-16-7-5-6-8-18(16)25-19;1-4(6)3-5(2)7;/h5-10,12H,3-4H2,1-2H3;3,6H,1-2H3;/q-1;;/b;4-3-;. The number of benzene rings is 2. The van der Waals surface area contributed by atoms with E-state index in [0.29, 0.717) is 16.2 Å². The molecule has 2 aromatic heterocycles. The van der Waals surface area contributed by atoms with Gasteiger partial charge in [0.05, 0.1) is 21.9 Å². The topological polar surface area (TPSA) is 83.6 Å². The predicted octanol–water partition coefficient (Wildman–Crippen LogP) is 5.75. The van der Waals surface area contributed by atoms with Crippen LogP contribution >= 0.6 is 11.3 Å². The van der Waals surface area contributed by atoms with Crippen LogP contribution in [0.3, 0.4) is 0 Å². The van der Waals surface area contributed by atoms with Crippen molar-refractivity contribution in [1.82, 2.24) is 4.98 Å². The number of carbonyl (C=O) groups excluding carboxylic acids is 1. The van der Waals surface area contributed by atoms with E-state index >= 15 is 0 Å². The monoisotopic (exact) mass is 642 g/mol. The van der Waals surface area contributed by atoms with Gasteiger partial charge in [0.2, 0.25) is 0 Å². The molecule has 4 aromatic rings. The van der Waals surface area contributed by atoms with Gasteiger partial charge in [-0.3, -0.25) is 14.6 Å². The third-order valence-corrected chi connectivity index (χ3v) is 5.73. The molecule has 2 aromatic carbocycles. The van der Waals surface area contributed by atoms with E-state index in [4.69, 9.17) is 9.52 Å². The summed E-state index contributed by atoms with van der Waals surface area (Å²) < 4.78 is 6.62. The van der Waals surface area contributed by atoms with Gasteiger partial charge < -0.3 is 14.4 Å². The van der Waals surface area contributed by atoms with E-state index in [1.807, 2.05) is 42.5 Å². The van der Waals surface area contributed by atoms with Gasteiger partial charge in [-0.1, -0.05) is 23.6 Å². The zero-order valence-electron chi connectivity index (χ0n) is 18.8. The van der Waals surface area contributed by atoms with Gasteiger partial charge in [-0.2, -0.15) is 11.3 Å². The van der Waals surface area contributed by atoms with E-state index in [1.54, 1.807) is 0 Å². The van der Waals surface area contributed by atoms with E-state index in [1.165, 1.54) is 31.3 Å². The minimum atomic E-state index is -0.400. The smallest absolute Gasteiger partial charge is 0.269 e. The minimum Gasteiger partial charge on any atom is -0.512 e. The Morgan fingerprint density at radius 3 is 2.45 bits per heavy atom. The van der Waals surface area contributed by atoms with Crippen LogP contribution in [0.1, 0.15) is 27.7 Å². The maximum Gasteiger partial charge on any atom is 0.269 e. The number of hydrogen-bond acceptors (Lipinski definition) is 7. The zero-order valence-corrected chi connectivity index (χ0v) is 22.1. The molecule has 0 saturated carbocycles. The zero-order chi connectivity index (χ0) is 23.3. The molecule has 0 saturated heterocycles. The van der Waals surface area contributed by atoms with E-state index < -0.39 is 5.63 Å². The molecule has 1 radical (unpaired) electrons. The average molecular weight is 642 g/mol. The molecule has 0 amide bonds. The van der Waals surface area contributed by atoms with E-state index in [2.05, 4.69) is 29.8 Å². The van der Waals surface area contributed by atoms with Crippen molar-refractivity contribution in [3.63, 3.8) is 0 Å². The summed E-state index contributed by atoms with van der Waals surface area (Å²) in [5.74, 6) is -0.0625. The van der Waals surface area contributed by atoms with Crippen molar-refractivity contribution in [3.05, 3.63) is 70.8 Å². The maximum absolute atomic E-state index is 12.5. The number of aliphatic hydroxyl groups is 1. The third-order valence-electron chi connectivity index (χ3n) is 4.68. The van der Waals surface area contributed by atoms with Crippen molar-refractivity contribution >= 4 is 44.0 Å². The largest absolute Gasteiger partial charge is 0.512 e. The second kappa shape index (κ2) is 11.9. The van der Waals surface area contributed by atoms with Gasteiger partial charge in [0.1, 0.15) is 0 Å². The molecule has 33 heavy (non-hydrogen) atoms. The Hall–Kier alpha value is -2.80. The van der Waals surface area contributed by atoms with Crippen LogP contribution in [0.2, 0.25) is 0 Å². The molecule has 175 valence electrons. The van der Waals surface area contributed by atoms with E-state index in [0.717, 1.165) is 34.4 Å². The van der Waals surface area contributed by atoms with Gasteiger partial charge in [0.15, 0.2) is 5.78 Å². The summed E-state index contributed by atoms with van der Waals surface area (Å²) in [6.45, 7) is 8.86. The molecule has 1 N–H and O–H groups in total. The second-order valence-electron chi connectivity index (χ2n) is 7.13. The van der Waals surface area contributed by atoms with Gasteiger partial charge in [0.25, 0.3) is 5.63 Å². The Morgan fingerprint density at radius 2 is 1.88 bits per heavy atom. The number of ketones is 1.